The molecule has 1 aliphatic heterocycles. The van der Waals surface area contributed by atoms with Gasteiger partial charge in [-0.3, -0.25) is 9.36 Å². The number of likely N-dealkylation sites (tertiary alicyclic amines) is 1. The fourth-order valence-corrected chi connectivity index (χ4v) is 6.05. The second kappa shape index (κ2) is 10.7. The smallest absolute Gasteiger partial charge is 0.266 e. The van der Waals surface area contributed by atoms with Crippen molar-refractivity contribution < 1.29 is 4.55 Å². The summed E-state index contributed by atoms with van der Waals surface area (Å²) in [6, 6.07) is 17.6. The molecule has 5 rings (SSSR count). The third-order valence-corrected chi connectivity index (χ3v) is 8.24. The van der Waals surface area contributed by atoms with Crippen LogP contribution in [0.3, 0.4) is 0 Å². The Morgan fingerprint density at radius 3 is 2.72 bits per heavy atom. The minimum Gasteiger partial charge on any atom is -0.612 e. The number of rotatable bonds is 6. The minimum atomic E-state index is -1.17. The van der Waals surface area contributed by atoms with Crippen LogP contribution < -0.4 is 10.9 Å². The number of hydrogen-bond acceptors (Lipinski definition) is 6. The average molecular weight is 567 g/mol. The largest absolute Gasteiger partial charge is 0.612 e. The van der Waals surface area contributed by atoms with Gasteiger partial charge in [0.25, 0.3) is 5.56 Å². The summed E-state index contributed by atoms with van der Waals surface area (Å²) >= 11 is 2.20. The highest BCUT2D eigenvalue weighted by molar-refractivity contribution is 9.10. The zero-order valence-electron chi connectivity index (χ0n) is 20.3. The summed E-state index contributed by atoms with van der Waals surface area (Å²) in [4.78, 5) is 25.4. The van der Waals surface area contributed by atoms with Crippen LogP contribution in [0.25, 0.3) is 11.0 Å². The van der Waals surface area contributed by atoms with E-state index in [2.05, 4.69) is 62.4 Å². The standard InChI is InChI=1S/C27H28BrN5O2S/c1-32-13-5-7-19(16-32)18-9-11-22(12-10-18)30-27-29-15-21-14-23(28)26(34)33(25(21)31-27)17-20-6-3-4-8-24(20)36(2)35/h3-4,6,8-12,14-15,19H,5,7,13,16-17H2,1-2H3,(H,29,30,31). The van der Waals surface area contributed by atoms with Crippen LogP contribution in [0.4, 0.5) is 11.6 Å². The normalized spacial score (nSPS) is 17.3. The van der Waals surface area contributed by atoms with Crippen molar-refractivity contribution in [2.75, 3.05) is 31.7 Å². The Morgan fingerprint density at radius 1 is 1.19 bits per heavy atom. The van der Waals surface area contributed by atoms with Gasteiger partial charge in [-0.05, 0) is 89.3 Å². The van der Waals surface area contributed by atoms with Crippen LogP contribution in [0.1, 0.15) is 29.9 Å². The number of aromatic nitrogens is 3. The van der Waals surface area contributed by atoms with E-state index in [0.29, 0.717) is 26.9 Å². The molecule has 1 fully saturated rings. The Morgan fingerprint density at radius 2 is 1.97 bits per heavy atom. The predicted molar refractivity (Wildman–Crippen MR) is 149 cm³/mol. The van der Waals surface area contributed by atoms with E-state index in [4.69, 9.17) is 4.98 Å². The lowest BCUT2D eigenvalue weighted by Gasteiger charge is -2.30. The Bertz CT molecular complexity index is 1440. The lowest BCUT2D eigenvalue weighted by Crippen LogP contribution is -2.30. The highest BCUT2D eigenvalue weighted by Gasteiger charge is 2.19. The third-order valence-electron chi connectivity index (χ3n) is 6.66. The van der Waals surface area contributed by atoms with Gasteiger partial charge in [-0.1, -0.05) is 30.3 Å². The molecule has 0 saturated carbocycles. The number of benzene rings is 2. The number of pyridine rings is 1. The summed E-state index contributed by atoms with van der Waals surface area (Å²) in [7, 11) is 2.18. The maximum absolute atomic E-state index is 13.1. The first-order chi connectivity index (χ1) is 17.4. The van der Waals surface area contributed by atoms with Crippen molar-refractivity contribution in [2.24, 2.45) is 0 Å². The molecular formula is C27H28BrN5O2S. The van der Waals surface area contributed by atoms with Crippen molar-refractivity contribution in [1.29, 1.82) is 0 Å². The molecule has 3 heterocycles. The molecule has 0 amide bonds. The average Bonchev–Trinajstić information content (AvgIpc) is 2.88. The molecule has 2 aromatic carbocycles. The van der Waals surface area contributed by atoms with Crippen molar-refractivity contribution in [3.05, 3.63) is 86.7 Å². The van der Waals surface area contributed by atoms with Crippen molar-refractivity contribution in [3.8, 4) is 0 Å². The van der Waals surface area contributed by atoms with Crippen LogP contribution >= 0.6 is 15.9 Å². The number of likely N-dealkylation sites (N-methyl/N-ethyl adjacent to an activating group) is 1. The highest BCUT2D eigenvalue weighted by atomic mass is 79.9. The second-order valence-electron chi connectivity index (χ2n) is 9.27. The number of halogens is 1. The third kappa shape index (κ3) is 5.34. The predicted octanol–water partition coefficient (Wildman–Crippen LogP) is 4.89. The van der Waals surface area contributed by atoms with Gasteiger partial charge in [-0.2, -0.15) is 4.98 Å². The summed E-state index contributed by atoms with van der Waals surface area (Å²) in [5, 5.41) is 4.02. The molecule has 7 nitrogen and oxygen atoms in total. The summed E-state index contributed by atoms with van der Waals surface area (Å²) < 4.78 is 14.3. The molecular weight excluding hydrogens is 538 g/mol. The molecule has 1 aliphatic rings. The number of nitrogens with zero attached hydrogens (tertiary/aromatic N) is 4. The fourth-order valence-electron chi connectivity index (χ4n) is 4.82. The van der Waals surface area contributed by atoms with Gasteiger partial charge in [-0.25, -0.2) is 4.98 Å². The molecule has 2 aromatic heterocycles. The van der Waals surface area contributed by atoms with E-state index < -0.39 is 11.2 Å². The van der Waals surface area contributed by atoms with Crippen LogP contribution in [0.2, 0.25) is 0 Å². The van der Waals surface area contributed by atoms with E-state index in [-0.39, 0.29) is 12.1 Å². The number of anilines is 2. The SMILES string of the molecule is CN1CCCC(c2ccc(Nc3ncc4cc(Br)c(=O)n(Cc5ccccc5[S+](C)[O-])c4n3)cc2)C1. The van der Waals surface area contributed by atoms with Gasteiger partial charge < -0.3 is 14.8 Å². The summed E-state index contributed by atoms with van der Waals surface area (Å²) in [5.41, 5.74) is 3.36. The van der Waals surface area contributed by atoms with Crippen molar-refractivity contribution >= 4 is 49.8 Å². The maximum Gasteiger partial charge on any atom is 0.266 e. The number of nitrogens with one attached hydrogen (secondary N) is 1. The fraction of sp³-hybridized carbons (Fsp3) is 0.296. The Balaban J connectivity index is 1.45. The van der Waals surface area contributed by atoms with Crippen LogP contribution in [0.5, 0.6) is 0 Å². The lowest BCUT2D eigenvalue weighted by molar-refractivity contribution is 0.251. The summed E-state index contributed by atoms with van der Waals surface area (Å²) in [6.07, 6.45) is 5.79. The van der Waals surface area contributed by atoms with Crippen LogP contribution in [-0.2, 0) is 17.7 Å². The second-order valence-corrected chi connectivity index (χ2v) is 11.5. The first-order valence-electron chi connectivity index (χ1n) is 11.9. The number of hydrogen-bond donors (Lipinski definition) is 1. The molecule has 0 aliphatic carbocycles. The van der Waals surface area contributed by atoms with Gasteiger partial charge in [0, 0.05) is 29.4 Å². The minimum absolute atomic E-state index is 0.203. The highest BCUT2D eigenvalue weighted by Crippen LogP contribution is 2.28. The van der Waals surface area contributed by atoms with E-state index in [1.165, 1.54) is 24.9 Å². The van der Waals surface area contributed by atoms with E-state index in [0.717, 1.165) is 23.2 Å². The molecule has 2 unspecified atom stereocenters. The molecule has 2 atom stereocenters. The molecule has 36 heavy (non-hydrogen) atoms. The first kappa shape index (κ1) is 25.0. The summed E-state index contributed by atoms with van der Waals surface area (Å²) in [6.45, 7) is 2.51. The van der Waals surface area contributed by atoms with Crippen molar-refractivity contribution in [1.82, 2.24) is 19.4 Å². The van der Waals surface area contributed by atoms with Crippen LogP contribution in [0.15, 0.2) is 75.0 Å². The molecule has 1 N–H and O–H groups in total. The van der Waals surface area contributed by atoms with Gasteiger partial charge in [0.05, 0.1) is 11.0 Å². The van der Waals surface area contributed by atoms with Crippen LogP contribution in [0, 0.1) is 0 Å². The zero-order valence-corrected chi connectivity index (χ0v) is 22.7. The van der Waals surface area contributed by atoms with Crippen molar-refractivity contribution in [2.45, 2.75) is 30.2 Å². The number of fused-ring (bicyclic) bond motifs is 1. The Kier molecular flexibility index (Phi) is 7.43. The molecule has 186 valence electrons. The summed E-state index contributed by atoms with van der Waals surface area (Å²) in [5.74, 6) is 0.971. The maximum atomic E-state index is 13.1. The van der Waals surface area contributed by atoms with E-state index in [9.17, 15) is 9.35 Å². The van der Waals surface area contributed by atoms with Gasteiger partial charge >= 0.3 is 0 Å². The molecule has 0 radical (unpaired) electrons. The van der Waals surface area contributed by atoms with Crippen molar-refractivity contribution in [3.63, 3.8) is 0 Å². The van der Waals surface area contributed by atoms with E-state index in [1.807, 2.05) is 24.3 Å². The quantitative estimate of drug-likeness (QED) is 0.335. The zero-order chi connectivity index (χ0) is 25.2. The van der Waals surface area contributed by atoms with E-state index in [1.54, 1.807) is 23.1 Å². The lowest BCUT2D eigenvalue weighted by atomic mass is 9.91. The monoisotopic (exact) mass is 565 g/mol. The number of piperidine rings is 1. The topological polar surface area (TPSA) is 86.1 Å². The van der Waals surface area contributed by atoms with Gasteiger partial charge in [0.2, 0.25) is 5.95 Å². The van der Waals surface area contributed by atoms with Gasteiger partial charge in [0.15, 0.2) is 4.90 Å². The van der Waals surface area contributed by atoms with Gasteiger partial charge in [-0.15, -0.1) is 0 Å². The first-order valence-corrected chi connectivity index (χ1v) is 14.3. The Hall–Kier alpha value is -2.72. The molecule has 0 bridgehead atoms. The Labute approximate surface area is 221 Å². The van der Waals surface area contributed by atoms with Gasteiger partial charge in [0.1, 0.15) is 11.9 Å². The molecule has 0 spiro atoms. The van der Waals surface area contributed by atoms with Crippen LogP contribution in [-0.4, -0.2) is 50.4 Å². The van der Waals surface area contributed by atoms with E-state index >= 15 is 0 Å². The molecule has 9 heteroatoms. The molecule has 1 saturated heterocycles. The molecule has 4 aromatic rings.